The van der Waals surface area contributed by atoms with Gasteiger partial charge in [0.05, 0.1) is 0 Å². The van der Waals surface area contributed by atoms with Gasteiger partial charge in [0.15, 0.2) is 0 Å². The Morgan fingerprint density at radius 1 is 1.11 bits per heavy atom. The van der Waals surface area contributed by atoms with Crippen molar-refractivity contribution in [1.29, 1.82) is 0 Å². The maximum atomic E-state index is 8.36. The zero-order valence-electron chi connectivity index (χ0n) is 15.2. The Kier molecular flexibility index (Phi) is 6.77. The summed E-state index contributed by atoms with van der Waals surface area (Å²) in [4.78, 5) is 12.8. The second-order valence-electron chi connectivity index (χ2n) is 6.45. The number of pyridine rings is 1. The molecule has 0 aliphatic heterocycles. The molecule has 0 saturated heterocycles. The first kappa shape index (κ1) is 18.9. The highest BCUT2D eigenvalue weighted by molar-refractivity contribution is 5.84. The van der Waals surface area contributed by atoms with Crippen molar-refractivity contribution in [3.05, 3.63) is 71.9 Å². The van der Waals surface area contributed by atoms with Crippen LogP contribution in [0.3, 0.4) is 0 Å². The molecule has 5 heteroatoms. The minimum absolute atomic E-state index is 0.250. The molecule has 4 rings (SSSR count). The van der Waals surface area contributed by atoms with Crippen molar-refractivity contribution in [2.75, 3.05) is 13.2 Å². The van der Waals surface area contributed by atoms with E-state index < -0.39 is 0 Å². The summed E-state index contributed by atoms with van der Waals surface area (Å²) in [5, 5.41) is 11.6. The van der Waals surface area contributed by atoms with Crippen LogP contribution in [-0.2, 0) is 17.6 Å². The second kappa shape index (κ2) is 9.69. The molecule has 0 bridgehead atoms. The standard InChI is InChI=1S/C21H22N2O.CH2O2/c1-2-6-18-15-19(11-10-16(18)5-1)22-13-14-24-20-9-3-7-17-8-4-12-23-21(17)20;2-1-3/h1-9,12,19,22H,10-11,13-15H2;1H,(H,2,3). The largest absolute Gasteiger partial charge is 0.490 e. The summed E-state index contributed by atoms with van der Waals surface area (Å²) in [6.07, 6.45) is 5.30. The highest BCUT2D eigenvalue weighted by atomic mass is 16.5. The summed E-state index contributed by atoms with van der Waals surface area (Å²) in [7, 11) is 0. The van der Waals surface area contributed by atoms with Crippen molar-refractivity contribution >= 4 is 17.4 Å². The van der Waals surface area contributed by atoms with Crippen LogP contribution in [0.5, 0.6) is 5.75 Å². The van der Waals surface area contributed by atoms with Gasteiger partial charge in [-0.15, -0.1) is 0 Å². The number of rotatable bonds is 5. The number of aryl methyl sites for hydroxylation is 1. The van der Waals surface area contributed by atoms with E-state index in [0.29, 0.717) is 12.6 Å². The summed E-state index contributed by atoms with van der Waals surface area (Å²) in [5.74, 6) is 0.865. The molecule has 1 unspecified atom stereocenters. The minimum atomic E-state index is -0.250. The molecule has 2 N–H and O–H groups in total. The van der Waals surface area contributed by atoms with Gasteiger partial charge >= 0.3 is 0 Å². The van der Waals surface area contributed by atoms with E-state index in [1.54, 1.807) is 0 Å². The van der Waals surface area contributed by atoms with Crippen LogP contribution in [0.25, 0.3) is 10.9 Å². The van der Waals surface area contributed by atoms with E-state index in [-0.39, 0.29) is 6.47 Å². The number of hydrogen-bond donors (Lipinski definition) is 2. The van der Waals surface area contributed by atoms with Crippen LogP contribution in [-0.4, -0.2) is 35.8 Å². The van der Waals surface area contributed by atoms with Gasteiger partial charge in [-0.1, -0.05) is 42.5 Å². The van der Waals surface area contributed by atoms with E-state index in [1.807, 2.05) is 24.4 Å². The van der Waals surface area contributed by atoms with Crippen LogP contribution in [0.15, 0.2) is 60.8 Å². The number of aromatic nitrogens is 1. The molecule has 2 aromatic carbocycles. The summed E-state index contributed by atoms with van der Waals surface area (Å²) in [6, 6.07) is 19.4. The molecule has 5 nitrogen and oxygen atoms in total. The Labute approximate surface area is 159 Å². The van der Waals surface area contributed by atoms with Crippen LogP contribution < -0.4 is 10.1 Å². The van der Waals surface area contributed by atoms with Crippen LogP contribution in [0.2, 0.25) is 0 Å². The molecule has 1 aromatic heterocycles. The summed E-state index contributed by atoms with van der Waals surface area (Å²) < 4.78 is 5.95. The highest BCUT2D eigenvalue weighted by Gasteiger charge is 2.17. The lowest BCUT2D eigenvalue weighted by atomic mass is 9.88. The number of fused-ring (bicyclic) bond motifs is 2. The fraction of sp³-hybridized carbons (Fsp3) is 0.273. The molecule has 1 aliphatic carbocycles. The van der Waals surface area contributed by atoms with Gasteiger partial charge in [-0.25, -0.2) is 0 Å². The highest BCUT2D eigenvalue weighted by Crippen LogP contribution is 2.23. The van der Waals surface area contributed by atoms with E-state index in [4.69, 9.17) is 14.6 Å². The van der Waals surface area contributed by atoms with Gasteiger partial charge in [0.25, 0.3) is 6.47 Å². The van der Waals surface area contributed by atoms with E-state index in [0.717, 1.165) is 29.6 Å². The topological polar surface area (TPSA) is 71.5 Å². The molecule has 1 aliphatic rings. The maximum absolute atomic E-state index is 8.36. The Balaban J connectivity index is 0.000000659. The number of ether oxygens (including phenoxy) is 1. The second-order valence-corrected chi connectivity index (χ2v) is 6.45. The van der Waals surface area contributed by atoms with E-state index in [9.17, 15) is 0 Å². The molecule has 27 heavy (non-hydrogen) atoms. The fourth-order valence-corrected chi connectivity index (χ4v) is 3.49. The fourth-order valence-electron chi connectivity index (χ4n) is 3.49. The lowest BCUT2D eigenvalue weighted by Gasteiger charge is -2.25. The summed E-state index contributed by atoms with van der Waals surface area (Å²) in [5.41, 5.74) is 3.93. The van der Waals surface area contributed by atoms with Crippen LogP contribution in [0.1, 0.15) is 17.5 Å². The van der Waals surface area contributed by atoms with Gasteiger partial charge in [0, 0.05) is 24.2 Å². The molecule has 0 amide bonds. The molecule has 1 atom stereocenters. The van der Waals surface area contributed by atoms with E-state index in [2.05, 4.69) is 46.7 Å². The Hall–Kier alpha value is -2.92. The first-order valence-corrected chi connectivity index (χ1v) is 9.16. The monoisotopic (exact) mass is 364 g/mol. The molecule has 1 heterocycles. The third-order valence-corrected chi connectivity index (χ3v) is 4.74. The zero-order valence-corrected chi connectivity index (χ0v) is 15.2. The van der Waals surface area contributed by atoms with Crippen LogP contribution >= 0.6 is 0 Å². The maximum Gasteiger partial charge on any atom is 0.290 e. The first-order chi connectivity index (χ1) is 13.3. The molecular weight excluding hydrogens is 340 g/mol. The van der Waals surface area contributed by atoms with Gasteiger partial charge in [-0.2, -0.15) is 0 Å². The number of carbonyl (C=O) groups is 1. The summed E-state index contributed by atoms with van der Waals surface area (Å²) >= 11 is 0. The Morgan fingerprint density at radius 3 is 2.74 bits per heavy atom. The third-order valence-electron chi connectivity index (χ3n) is 4.74. The zero-order chi connectivity index (χ0) is 18.9. The first-order valence-electron chi connectivity index (χ1n) is 9.16. The molecule has 0 saturated carbocycles. The molecule has 0 fully saturated rings. The minimum Gasteiger partial charge on any atom is -0.490 e. The molecule has 140 valence electrons. The van der Waals surface area contributed by atoms with Crippen molar-refractivity contribution < 1.29 is 14.6 Å². The quantitative estimate of drug-likeness (QED) is 0.536. The smallest absolute Gasteiger partial charge is 0.290 e. The molecule has 0 spiro atoms. The van der Waals surface area contributed by atoms with Gasteiger partial charge in [0.1, 0.15) is 17.9 Å². The number of hydrogen-bond acceptors (Lipinski definition) is 4. The molecular formula is C22H24N2O3. The predicted octanol–water partition coefficient (Wildman–Crippen LogP) is 3.46. The number of nitrogens with one attached hydrogen (secondary N) is 1. The van der Waals surface area contributed by atoms with Gasteiger partial charge in [-0.05, 0) is 42.5 Å². The number of para-hydroxylation sites is 1. The Morgan fingerprint density at radius 2 is 1.89 bits per heavy atom. The van der Waals surface area contributed by atoms with E-state index >= 15 is 0 Å². The van der Waals surface area contributed by atoms with Gasteiger partial charge in [0.2, 0.25) is 0 Å². The number of benzene rings is 2. The molecule has 3 aromatic rings. The summed E-state index contributed by atoms with van der Waals surface area (Å²) in [6.45, 7) is 1.27. The van der Waals surface area contributed by atoms with Crippen molar-refractivity contribution in [3.8, 4) is 5.75 Å². The average molecular weight is 364 g/mol. The number of nitrogens with zero attached hydrogens (tertiary/aromatic N) is 1. The lowest BCUT2D eigenvalue weighted by molar-refractivity contribution is -0.122. The Bertz CT molecular complexity index is 877. The van der Waals surface area contributed by atoms with Crippen LogP contribution in [0.4, 0.5) is 0 Å². The van der Waals surface area contributed by atoms with Gasteiger partial charge in [-0.3, -0.25) is 9.78 Å². The van der Waals surface area contributed by atoms with Crippen molar-refractivity contribution in [2.24, 2.45) is 0 Å². The van der Waals surface area contributed by atoms with Crippen molar-refractivity contribution in [2.45, 2.75) is 25.3 Å². The normalized spacial score (nSPS) is 15.3. The van der Waals surface area contributed by atoms with Crippen LogP contribution in [0, 0.1) is 0 Å². The molecule has 0 radical (unpaired) electrons. The van der Waals surface area contributed by atoms with Gasteiger partial charge < -0.3 is 15.2 Å². The van der Waals surface area contributed by atoms with E-state index in [1.165, 1.54) is 24.0 Å². The van der Waals surface area contributed by atoms with Crippen molar-refractivity contribution in [3.63, 3.8) is 0 Å². The third kappa shape index (κ3) is 5.05. The number of carboxylic acid groups (broad SMARTS) is 1. The SMILES string of the molecule is O=CO.c1ccc2c(c1)CCC(NCCOc1cccc3cccnc13)C2. The van der Waals surface area contributed by atoms with Crippen molar-refractivity contribution in [1.82, 2.24) is 10.3 Å². The average Bonchev–Trinajstić information content (AvgIpc) is 2.72. The lowest BCUT2D eigenvalue weighted by Crippen LogP contribution is -2.37. The predicted molar refractivity (Wildman–Crippen MR) is 106 cm³/mol.